The first kappa shape index (κ1) is 11.0. The number of hydrogen-bond acceptors (Lipinski definition) is 3. The highest BCUT2D eigenvalue weighted by Gasteiger charge is 2.01. The van der Waals surface area contributed by atoms with Crippen molar-refractivity contribution in [1.82, 2.24) is 10.3 Å². The molecule has 0 aliphatic heterocycles. The Hall–Kier alpha value is -1.45. The van der Waals surface area contributed by atoms with Crippen LogP contribution in [0, 0.1) is 0 Å². The van der Waals surface area contributed by atoms with Gasteiger partial charge in [0.05, 0.1) is 17.8 Å². The fourth-order valence-corrected chi connectivity index (χ4v) is 1.55. The number of fused-ring (bicyclic) bond motifs is 1. The lowest BCUT2D eigenvalue weighted by atomic mass is 10.2. The molecule has 2 aromatic rings. The first-order valence-electron chi connectivity index (χ1n) is 5.48. The highest BCUT2D eigenvalue weighted by Crippen LogP contribution is 2.11. The molecule has 1 aromatic heterocycles. The highest BCUT2D eigenvalue weighted by molar-refractivity contribution is 5.78. The maximum atomic E-state index is 8.90. The SMILES string of the molecule is CC(CO)NCc1ccc2ccccc2n1. The number of benzene rings is 1. The molecule has 0 fully saturated rings. The van der Waals surface area contributed by atoms with E-state index < -0.39 is 0 Å². The lowest BCUT2D eigenvalue weighted by Crippen LogP contribution is -2.28. The van der Waals surface area contributed by atoms with Crippen LogP contribution in [0.15, 0.2) is 36.4 Å². The third kappa shape index (κ3) is 2.56. The molecule has 1 atom stereocenters. The number of hydrogen-bond donors (Lipinski definition) is 2. The van der Waals surface area contributed by atoms with Gasteiger partial charge in [0.25, 0.3) is 0 Å². The molecule has 1 aromatic carbocycles. The van der Waals surface area contributed by atoms with Crippen molar-refractivity contribution in [3.63, 3.8) is 0 Å². The molecule has 0 radical (unpaired) electrons. The van der Waals surface area contributed by atoms with E-state index in [4.69, 9.17) is 5.11 Å². The van der Waals surface area contributed by atoms with Crippen LogP contribution in [0.1, 0.15) is 12.6 Å². The average Bonchev–Trinajstić information content (AvgIpc) is 2.35. The van der Waals surface area contributed by atoms with Gasteiger partial charge in [-0.15, -0.1) is 0 Å². The molecule has 84 valence electrons. The summed E-state index contributed by atoms with van der Waals surface area (Å²) >= 11 is 0. The van der Waals surface area contributed by atoms with E-state index in [9.17, 15) is 0 Å². The van der Waals surface area contributed by atoms with Crippen molar-refractivity contribution in [3.05, 3.63) is 42.1 Å². The van der Waals surface area contributed by atoms with E-state index in [2.05, 4.69) is 22.4 Å². The van der Waals surface area contributed by atoms with Gasteiger partial charge < -0.3 is 10.4 Å². The van der Waals surface area contributed by atoms with Crippen molar-refractivity contribution in [2.24, 2.45) is 0 Å². The quantitative estimate of drug-likeness (QED) is 0.817. The van der Waals surface area contributed by atoms with E-state index in [-0.39, 0.29) is 12.6 Å². The lowest BCUT2D eigenvalue weighted by Gasteiger charge is -2.10. The Bertz CT molecular complexity index is 470. The molecule has 0 bridgehead atoms. The second kappa shape index (κ2) is 5.05. The van der Waals surface area contributed by atoms with Crippen LogP contribution in [0.5, 0.6) is 0 Å². The summed E-state index contributed by atoms with van der Waals surface area (Å²) < 4.78 is 0. The minimum atomic E-state index is 0.105. The summed E-state index contributed by atoms with van der Waals surface area (Å²) in [6.45, 7) is 2.78. The fourth-order valence-electron chi connectivity index (χ4n) is 1.55. The van der Waals surface area contributed by atoms with Crippen LogP contribution in [0.3, 0.4) is 0 Å². The number of rotatable bonds is 4. The van der Waals surface area contributed by atoms with Crippen LogP contribution in [-0.4, -0.2) is 22.7 Å². The van der Waals surface area contributed by atoms with Gasteiger partial charge in [0.2, 0.25) is 0 Å². The molecular weight excluding hydrogens is 200 g/mol. The summed E-state index contributed by atoms with van der Waals surface area (Å²) in [5.41, 5.74) is 2.01. The normalized spacial score (nSPS) is 12.9. The molecule has 0 saturated carbocycles. The summed E-state index contributed by atoms with van der Waals surface area (Å²) in [7, 11) is 0. The monoisotopic (exact) mass is 216 g/mol. The zero-order valence-corrected chi connectivity index (χ0v) is 9.35. The molecule has 0 amide bonds. The Labute approximate surface area is 95.1 Å². The van der Waals surface area contributed by atoms with Crippen molar-refractivity contribution in [3.8, 4) is 0 Å². The van der Waals surface area contributed by atoms with E-state index in [0.29, 0.717) is 6.54 Å². The van der Waals surface area contributed by atoms with Gasteiger partial charge in [0, 0.05) is 18.0 Å². The predicted octanol–water partition coefficient (Wildman–Crippen LogP) is 1.71. The Balaban J connectivity index is 2.13. The van der Waals surface area contributed by atoms with Gasteiger partial charge in [-0.3, -0.25) is 4.98 Å². The summed E-state index contributed by atoms with van der Waals surface area (Å²) in [6.07, 6.45) is 0. The van der Waals surface area contributed by atoms with E-state index in [1.165, 1.54) is 0 Å². The lowest BCUT2D eigenvalue weighted by molar-refractivity contribution is 0.250. The average molecular weight is 216 g/mol. The molecule has 1 heterocycles. The van der Waals surface area contributed by atoms with Crippen LogP contribution in [0.2, 0.25) is 0 Å². The molecule has 3 nitrogen and oxygen atoms in total. The number of nitrogens with one attached hydrogen (secondary N) is 1. The molecule has 0 aliphatic carbocycles. The third-order valence-electron chi connectivity index (χ3n) is 2.56. The number of aliphatic hydroxyl groups excluding tert-OH is 1. The zero-order valence-electron chi connectivity index (χ0n) is 9.35. The Morgan fingerprint density at radius 3 is 2.88 bits per heavy atom. The second-order valence-corrected chi connectivity index (χ2v) is 3.96. The highest BCUT2D eigenvalue weighted by atomic mass is 16.3. The van der Waals surface area contributed by atoms with Gasteiger partial charge in [0.15, 0.2) is 0 Å². The van der Waals surface area contributed by atoms with Gasteiger partial charge in [-0.1, -0.05) is 24.3 Å². The number of aliphatic hydroxyl groups is 1. The second-order valence-electron chi connectivity index (χ2n) is 3.96. The Morgan fingerprint density at radius 2 is 2.06 bits per heavy atom. The number of pyridine rings is 1. The molecule has 2 rings (SSSR count). The minimum absolute atomic E-state index is 0.105. The fraction of sp³-hybridized carbons (Fsp3) is 0.308. The topological polar surface area (TPSA) is 45.1 Å². The number of nitrogens with zero attached hydrogens (tertiary/aromatic N) is 1. The standard InChI is InChI=1S/C13H16N2O/c1-10(9-16)14-8-12-7-6-11-4-2-3-5-13(11)15-12/h2-7,10,14,16H,8-9H2,1H3. The van der Waals surface area contributed by atoms with Gasteiger partial charge in [0.1, 0.15) is 0 Å². The van der Waals surface area contributed by atoms with Gasteiger partial charge >= 0.3 is 0 Å². The Kier molecular flexibility index (Phi) is 3.49. The van der Waals surface area contributed by atoms with Crippen LogP contribution < -0.4 is 5.32 Å². The molecule has 16 heavy (non-hydrogen) atoms. The predicted molar refractivity (Wildman–Crippen MR) is 65.1 cm³/mol. The van der Waals surface area contributed by atoms with Crippen molar-refractivity contribution < 1.29 is 5.11 Å². The molecule has 0 aliphatic rings. The van der Waals surface area contributed by atoms with Crippen molar-refractivity contribution >= 4 is 10.9 Å². The minimum Gasteiger partial charge on any atom is -0.395 e. The summed E-state index contributed by atoms with van der Waals surface area (Å²) in [4.78, 5) is 4.54. The van der Waals surface area contributed by atoms with Crippen LogP contribution >= 0.6 is 0 Å². The molecule has 2 N–H and O–H groups in total. The molecule has 3 heteroatoms. The Morgan fingerprint density at radius 1 is 1.25 bits per heavy atom. The number of para-hydroxylation sites is 1. The summed E-state index contributed by atoms with van der Waals surface area (Å²) in [5, 5.41) is 13.3. The van der Waals surface area contributed by atoms with E-state index in [0.717, 1.165) is 16.6 Å². The van der Waals surface area contributed by atoms with E-state index >= 15 is 0 Å². The smallest absolute Gasteiger partial charge is 0.0705 e. The third-order valence-corrected chi connectivity index (χ3v) is 2.56. The summed E-state index contributed by atoms with van der Waals surface area (Å²) in [6, 6.07) is 12.2. The van der Waals surface area contributed by atoms with Crippen LogP contribution in [-0.2, 0) is 6.54 Å². The van der Waals surface area contributed by atoms with Crippen molar-refractivity contribution in [2.45, 2.75) is 19.5 Å². The first-order valence-corrected chi connectivity index (χ1v) is 5.48. The summed E-state index contributed by atoms with van der Waals surface area (Å²) in [5.74, 6) is 0. The molecular formula is C13H16N2O. The van der Waals surface area contributed by atoms with E-state index in [1.54, 1.807) is 0 Å². The van der Waals surface area contributed by atoms with Gasteiger partial charge in [-0.2, -0.15) is 0 Å². The zero-order chi connectivity index (χ0) is 11.4. The van der Waals surface area contributed by atoms with Gasteiger partial charge in [-0.25, -0.2) is 0 Å². The van der Waals surface area contributed by atoms with Crippen LogP contribution in [0.25, 0.3) is 10.9 Å². The van der Waals surface area contributed by atoms with Crippen LogP contribution in [0.4, 0.5) is 0 Å². The van der Waals surface area contributed by atoms with Gasteiger partial charge in [-0.05, 0) is 19.1 Å². The maximum Gasteiger partial charge on any atom is 0.0705 e. The maximum absolute atomic E-state index is 8.90. The molecule has 0 spiro atoms. The van der Waals surface area contributed by atoms with Crippen molar-refractivity contribution in [2.75, 3.05) is 6.61 Å². The van der Waals surface area contributed by atoms with E-state index in [1.807, 2.05) is 31.2 Å². The molecule has 0 saturated heterocycles. The first-order chi connectivity index (χ1) is 7.79. The van der Waals surface area contributed by atoms with Crippen molar-refractivity contribution in [1.29, 1.82) is 0 Å². The number of aromatic nitrogens is 1. The molecule has 1 unspecified atom stereocenters. The largest absolute Gasteiger partial charge is 0.395 e.